The molecule has 0 saturated heterocycles. The van der Waals surface area contributed by atoms with E-state index in [0.29, 0.717) is 0 Å². The second-order valence-corrected chi connectivity index (χ2v) is 2.74. The minimum Gasteiger partial charge on any atom is -1.00 e. The van der Waals surface area contributed by atoms with Gasteiger partial charge in [0.25, 0.3) is 0 Å². The molecule has 0 aliphatic rings. The van der Waals surface area contributed by atoms with E-state index in [4.69, 9.17) is 5.11 Å². The summed E-state index contributed by atoms with van der Waals surface area (Å²) in [6.45, 7) is 1.11. The van der Waals surface area contributed by atoms with Gasteiger partial charge in [-0.15, -0.1) is 0 Å². The van der Waals surface area contributed by atoms with Crippen LogP contribution in [0, 0.1) is 0 Å². The number of quaternary nitrogens is 1. The molecule has 0 aromatic heterocycles. The zero-order valence-corrected chi connectivity index (χ0v) is 5.31. The maximum absolute atomic E-state index is 8.39. The lowest BCUT2D eigenvalue weighted by molar-refractivity contribution is -0.870. The van der Waals surface area contributed by atoms with Crippen LogP contribution in [0.25, 0.3) is 0 Å². The number of rotatable bonds is 2. The summed E-state index contributed by atoms with van der Waals surface area (Å²) in [6, 6.07) is 0. The van der Waals surface area contributed by atoms with Crippen molar-refractivity contribution < 1.29 is 11.0 Å². The summed E-state index contributed by atoms with van der Waals surface area (Å²) in [5.74, 6) is 0. The van der Waals surface area contributed by atoms with Crippen molar-refractivity contribution in [2.24, 2.45) is 0 Å². The fourth-order valence-corrected chi connectivity index (χ4v) is 0.300. The molecule has 0 spiro atoms. The van der Waals surface area contributed by atoms with Gasteiger partial charge in [-0.1, -0.05) is 0 Å². The van der Waals surface area contributed by atoms with E-state index < -0.39 is 0 Å². The molecule has 1 N–H and O–H groups in total. The smallest absolute Gasteiger partial charge is 0.101 e. The quantitative estimate of drug-likeness (QED) is 0.482. The summed E-state index contributed by atoms with van der Waals surface area (Å²) in [4.78, 5) is 0. The number of likely N-dealkylation sites (N-methyl/N-ethyl adjacent to an activating group) is 1. The number of nitrogens with zero attached hydrogens (tertiary/aromatic N) is 1. The summed E-state index contributed by atoms with van der Waals surface area (Å²) in [5, 5.41) is 8.39. The summed E-state index contributed by atoms with van der Waals surface area (Å²) < 4.78 is 0.844. The molecular formula is C5H15NO. The Labute approximate surface area is 46.4 Å². The Morgan fingerprint density at radius 3 is 1.86 bits per heavy atom. The first-order chi connectivity index (χ1) is 3.06. The number of aliphatic hydroxyl groups excluding tert-OH is 1. The highest BCUT2D eigenvalue weighted by Crippen LogP contribution is 1.84. The molecule has 7 heavy (non-hydrogen) atoms. The number of hydrogen-bond donors (Lipinski definition) is 1. The number of hydrogen-bond acceptors (Lipinski definition) is 1. The van der Waals surface area contributed by atoms with E-state index in [9.17, 15) is 0 Å². The summed E-state index contributed by atoms with van der Waals surface area (Å²) >= 11 is 0. The Balaban J connectivity index is 0. The molecule has 46 valence electrons. The second kappa shape index (κ2) is 2.28. The van der Waals surface area contributed by atoms with Crippen molar-refractivity contribution in [1.29, 1.82) is 0 Å². The Bertz CT molecular complexity index is 50.9. The minimum absolute atomic E-state index is 0. The van der Waals surface area contributed by atoms with Crippen LogP contribution >= 0.6 is 0 Å². The largest absolute Gasteiger partial charge is 1.00 e. The first-order valence-corrected chi connectivity index (χ1v) is 2.47. The van der Waals surface area contributed by atoms with E-state index in [1.807, 2.05) is 0 Å². The Morgan fingerprint density at radius 2 is 1.86 bits per heavy atom. The first-order valence-electron chi connectivity index (χ1n) is 2.47. The average Bonchev–Trinajstić information content (AvgIpc) is 1.30. The SMILES string of the molecule is C[N+](C)(C)CCO.[H-]. The molecule has 0 aliphatic carbocycles. The van der Waals surface area contributed by atoms with Crippen LogP contribution in [0.2, 0.25) is 0 Å². The van der Waals surface area contributed by atoms with Gasteiger partial charge in [0, 0.05) is 0 Å². The fraction of sp³-hybridized carbons (Fsp3) is 1.00. The van der Waals surface area contributed by atoms with Gasteiger partial charge >= 0.3 is 0 Å². The van der Waals surface area contributed by atoms with Gasteiger partial charge in [-0.3, -0.25) is 0 Å². The molecule has 0 bridgehead atoms. The summed E-state index contributed by atoms with van der Waals surface area (Å²) in [7, 11) is 6.16. The lowest BCUT2D eigenvalue weighted by atomic mass is 10.5. The highest BCUT2D eigenvalue weighted by molar-refractivity contribution is 4.19. The molecule has 0 rings (SSSR count). The second-order valence-electron chi connectivity index (χ2n) is 2.74. The van der Waals surface area contributed by atoms with Crippen LogP contribution in [0.15, 0.2) is 0 Å². The van der Waals surface area contributed by atoms with E-state index in [2.05, 4.69) is 21.1 Å². The van der Waals surface area contributed by atoms with Crippen LogP contribution in [0.3, 0.4) is 0 Å². The lowest BCUT2D eigenvalue weighted by Crippen LogP contribution is -2.36. The molecule has 0 amide bonds. The minimum atomic E-state index is 0. The topological polar surface area (TPSA) is 20.2 Å². The van der Waals surface area contributed by atoms with Crippen LogP contribution in [0.4, 0.5) is 0 Å². The number of aliphatic hydroxyl groups is 1. The summed E-state index contributed by atoms with van der Waals surface area (Å²) in [5.41, 5.74) is 0. The predicted molar refractivity (Wildman–Crippen MR) is 31.1 cm³/mol. The zero-order valence-electron chi connectivity index (χ0n) is 6.31. The van der Waals surface area contributed by atoms with Gasteiger partial charge in [-0.2, -0.15) is 0 Å². The van der Waals surface area contributed by atoms with Crippen molar-refractivity contribution >= 4 is 0 Å². The van der Waals surface area contributed by atoms with E-state index in [1.54, 1.807) is 0 Å². The third-order valence-electron chi connectivity index (χ3n) is 0.771. The molecule has 0 atom stereocenters. The molecular weight excluding hydrogens is 90.1 g/mol. The normalized spacial score (nSPS) is 12.0. The monoisotopic (exact) mass is 105 g/mol. The molecule has 2 heteroatoms. The van der Waals surface area contributed by atoms with Gasteiger partial charge in [0.2, 0.25) is 0 Å². The molecule has 0 fully saturated rings. The lowest BCUT2D eigenvalue weighted by Gasteiger charge is -2.21. The predicted octanol–water partition coefficient (Wildman–Crippen LogP) is -0.203. The van der Waals surface area contributed by atoms with E-state index in [0.717, 1.165) is 11.0 Å². The maximum Gasteiger partial charge on any atom is 0.101 e. The first kappa shape index (κ1) is 6.92. The highest BCUT2D eigenvalue weighted by atomic mass is 16.3. The highest BCUT2D eigenvalue weighted by Gasteiger charge is 2.02. The fourth-order valence-electron chi connectivity index (χ4n) is 0.300. The van der Waals surface area contributed by atoms with Crippen molar-refractivity contribution in [2.75, 3.05) is 34.3 Å². The van der Waals surface area contributed by atoms with Crippen molar-refractivity contribution in [1.82, 2.24) is 0 Å². The van der Waals surface area contributed by atoms with E-state index >= 15 is 0 Å². The molecule has 0 aromatic carbocycles. The molecule has 0 unspecified atom stereocenters. The van der Waals surface area contributed by atoms with Gasteiger partial charge in [0.05, 0.1) is 27.7 Å². The van der Waals surface area contributed by atoms with Crippen molar-refractivity contribution in [3.8, 4) is 0 Å². The van der Waals surface area contributed by atoms with Gasteiger partial charge < -0.3 is 11.0 Å². The Hall–Kier alpha value is -0.0800. The van der Waals surface area contributed by atoms with E-state index in [1.165, 1.54) is 0 Å². The van der Waals surface area contributed by atoms with Crippen LogP contribution in [0.1, 0.15) is 1.43 Å². The molecule has 0 saturated carbocycles. The van der Waals surface area contributed by atoms with Crippen molar-refractivity contribution in [2.45, 2.75) is 0 Å². The van der Waals surface area contributed by atoms with Crippen LogP contribution in [-0.4, -0.2) is 43.9 Å². The van der Waals surface area contributed by atoms with Gasteiger partial charge in [0.1, 0.15) is 6.54 Å². The summed E-state index contributed by atoms with van der Waals surface area (Å²) in [6.07, 6.45) is 0. The molecule has 0 aromatic rings. The molecule has 0 aliphatic heterocycles. The van der Waals surface area contributed by atoms with Gasteiger partial charge in [-0.05, 0) is 0 Å². The van der Waals surface area contributed by atoms with Crippen LogP contribution < -0.4 is 0 Å². The molecule has 0 radical (unpaired) electrons. The van der Waals surface area contributed by atoms with Crippen LogP contribution in [-0.2, 0) is 0 Å². The Morgan fingerprint density at radius 1 is 1.43 bits per heavy atom. The van der Waals surface area contributed by atoms with Gasteiger partial charge in [0.15, 0.2) is 0 Å². The van der Waals surface area contributed by atoms with Crippen LogP contribution in [0.5, 0.6) is 0 Å². The van der Waals surface area contributed by atoms with Gasteiger partial charge in [-0.25, -0.2) is 0 Å². The zero-order chi connectivity index (χ0) is 5.91. The van der Waals surface area contributed by atoms with Crippen molar-refractivity contribution in [3.05, 3.63) is 0 Å². The standard InChI is InChI=1S/C5H14NO.H/c1-6(2,3)4-5-7;/h7H,4-5H2,1-3H3;/q+1;-1. The third-order valence-corrected chi connectivity index (χ3v) is 0.771. The maximum atomic E-state index is 8.39. The third kappa shape index (κ3) is 5.92. The average molecular weight is 105 g/mol. The molecule has 0 heterocycles. The van der Waals surface area contributed by atoms with E-state index in [-0.39, 0.29) is 8.03 Å². The Kier molecular flexibility index (Phi) is 2.26. The molecule has 2 nitrogen and oxygen atoms in total. The van der Waals surface area contributed by atoms with Crippen molar-refractivity contribution in [3.63, 3.8) is 0 Å².